The lowest BCUT2D eigenvalue weighted by atomic mass is 9.98. The monoisotopic (exact) mass is 816 g/mol. The maximum Gasteiger partial charge on any atom is 0.336 e. The summed E-state index contributed by atoms with van der Waals surface area (Å²) in [5.74, 6) is -2.10. The fourth-order valence-electron chi connectivity index (χ4n) is 5.00. The Morgan fingerprint density at radius 1 is 0.300 bits per heavy atom. The third kappa shape index (κ3) is 13.4. The molecule has 6 aromatic carbocycles. The third-order valence-electron chi connectivity index (χ3n) is 8.18. The van der Waals surface area contributed by atoms with Crippen molar-refractivity contribution in [1.82, 2.24) is 0 Å². The number of carboxylic acid groups (broad SMARTS) is 4. The third-order valence-corrected chi connectivity index (χ3v) is 8.18. The summed E-state index contributed by atoms with van der Waals surface area (Å²) in [6, 6.07) is 37.9. The van der Waals surface area contributed by atoms with Crippen LogP contribution in [0.5, 0.6) is 23.0 Å². The minimum absolute atomic E-state index is 0.00307. The molecule has 0 spiro atoms. The number of methoxy groups -OCH3 is 4. The van der Waals surface area contributed by atoms with Crippen molar-refractivity contribution >= 4 is 35.4 Å². The molecule has 6 aromatic rings. The molecule has 4 N–H and O–H groups in total. The van der Waals surface area contributed by atoms with E-state index >= 15 is 0 Å². The zero-order valence-electron chi connectivity index (χ0n) is 32.7. The van der Waals surface area contributed by atoms with Crippen LogP contribution in [0.3, 0.4) is 0 Å². The molecule has 14 heteroatoms. The molecule has 0 aliphatic carbocycles. The molecule has 0 aliphatic heterocycles. The van der Waals surface area contributed by atoms with Gasteiger partial charge in [-0.15, -0.1) is 0 Å². The van der Waals surface area contributed by atoms with Gasteiger partial charge in [0.1, 0.15) is 23.0 Å². The molecular weight excluding hydrogens is 776 g/mol. The molecule has 0 saturated carbocycles. The zero-order valence-corrected chi connectivity index (χ0v) is 32.7. The van der Waals surface area contributed by atoms with Crippen LogP contribution in [0.15, 0.2) is 146 Å². The molecule has 60 heavy (non-hydrogen) atoms. The molecule has 6 rings (SSSR count). The van der Waals surface area contributed by atoms with Crippen molar-refractivity contribution in [1.29, 1.82) is 0 Å². The molecule has 14 nitrogen and oxygen atoms in total. The van der Waals surface area contributed by atoms with Gasteiger partial charge in [0.25, 0.3) is 0 Å². The van der Waals surface area contributed by atoms with Crippen LogP contribution >= 0.6 is 0 Å². The molecule has 0 amide bonds. The lowest BCUT2D eigenvalue weighted by molar-refractivity contribution is 0.0683. The van der Waals surface area contributed by atoms with E-state index in [2.05, 4.69) is 0 Å². The molecule has 0 fully saturated rings. The van der Waals surface area contributed by atoms with Crippen molar-refractivity contribution < 1.29 is 68.1 Å². The van der Waals surface area contributed by atoms with E-state index < -0.39 is 23.9 Å². The van der Waals surface area contributed by atoms with E-state index in [1.54, 1.807) is 97.1 Å². The van der Waals surface area contributed by atoms with Crippen molar-refractivity contribution in [3.05, 3.63) is 190 Å². The highest BCUT2D eigenvalue weighted by atomic mass is 16.5. The smallest absolute Gasteiger partial charge is 0.336 e. The van der Waals surface area contributed by atoms with Gasteiger partial charge in [0, 0.05) is 22.3 Å². The number of carboxylic acids is 4. The Labute approximate surface area is 344 Å². The quantitative estimate of drug-likeness (QED) is 0.0859. The molecule has 0 radical (unpaired) electrons. The van der Waals surface area contributed by atoms with E-state index in [0.717, 1.165) is 0 Å². The van der Waals surface area contributed by atoms with Crippen LogP contribution in [-0.4, -0.2) is 84.3 Å². The molecule has 0 atom stereocenters. The van der Waals surface area contributed by atoms with Gasteiger partial charge in [-0.1, -0.05) is 36.4 Å². The van der Waals surface area contributed by atoms with Crippen LogP contribution in [0.25, 0.3) is 0 Å². The maximum atomic E-state index is 12.3. The number of carbonyl (C=O) groups is 6. The number of benzene rings is 6. The first-order chi connectivity index (χ1) is 28.7. The van der Waals surface area contributed by atoms with Gasteiger partial charge in [-0.3, -0.25) is 9.59 Å². The first-order valence-electron chi connectivity index (χ1n) is 17.5. The Balaban J connectivity index is 0.000000221. The SMILES string of the molecule is COc1ccc(C(=O)O)cc1.COc1ccc(C(=O)O)cc1.COc1ccc(C(=O)c2ccccc2C(=O)O)cc1.COc1ccc(C(=O)c2ccccc2C(=O)O)cc1. The Morgan fingerprint density at radius 2 is 0.517 bits per heavy atom. The van der Waals surface area contributed by atoms with Gasteiger partial charge >= 0.3 is 23.9 Å². The van der Waals surface area contributed by atoms with Gasteiger partial charge in [0.05, 0.1) is 50.7 Å². The van der Waals surface area contributed by atoms with Crippen LogP contribution in [0.2, 0.25) is 0 Å². The van der Waals surface area contributed by atoms with E-state index in [1.165, 1.54) is 77.0 Å². The van der Waals surface area contributed by atoms with E-state index in [1.807, 2.05) is 0 Å². The number of carbonyl (C=O) groups excluding carboxylic acids is 2. The predicted octanol–water partition coefficient (Wildman–Crippen LogP) is 8.04. The molecule has 0 bridgehead atoms. The lowest BCUT2D eigenvalue weighted by Gasteiger charge is -2.06. The number of ketones is 2. The number of aromatic carboxylic acids is 4. The molecule has 0 saturated heterocycles. The second-order valence-corrected chi connectivity index (χ2v) is 11.9. The highest BCUT2D eigenvalue weighted by Crippen LogP contribution is 2.19. The van der Waals surface area contributed by atoms with Gasteiger partial charge in [-0.2, -0.15) is 0 Å². The Hall–Kier alpha value is -8.26. The summed E-state index contributed by atoms with van der Waals surface area (Å²) >= 11 is 0. The molecule has 0 aromatic heterocycles. The molecular formula is C46H40O14. The maximum absolute atomic E-state index is 12.3. The van der Waals surface area contributed by atoms with E-state index in [9.17, 15) is 28.8 Å². The molecule has 0 unspecified atom stereocenters. The Bertz CT molecular complexity index is 2210. The Kier molecular flexibility index (Phi) is 17.7. The Morgan fingerprint density at radius 3 is 0.717 bits per heavy atom. The normalized spacial score (nSPS) is 9.67. The van der Waals surface area contributed by atoms with Crippen molar-refractivity contribution in [2.75, 3.05) is 28.4 Å². The average Bonchev–Trinajstić information content (AvgIpc) is 3.29. The van der Waals surface area contributed by atoms with Crippen LogP contribution in [0.1, 0.15) is 73.3 Å². The van der Waals surface area contributed by atoms with Crippen LogP contribution in [0.4, 0.5) is 0 Å². The minimum Gasteiger partial charge on any atom is -0.497 e. The lowest BCUT2D eigenvalue weighted by Crippen LogP contribution is -2.09. The first kappa shape index (κ1) is 46.1. The minimum atomic E-state index is -1.11. The summed E-state index contributed by atoms with van der Waals surface area (Å²) in [7, 11) is 6.15. The van der Waals surface area contributed by atoms with Crippen LogP contribution in [0, 0.1) is 0 Å². The topological polar surface area (TPSA) is 220 Å². The zero-order chi connectivity index (χ0) is 44.2. The highest BCUT2D eigenvalue weighted by Gasteiger charge is 2.18. The van der Waals surface area contributed by atoms with E-state index in [0.29, 0.717) is 34.1 Å². The summed E-state index contributed by atoms with van der Waals surface area (Å²) in [6.07, 6.45) is 0. The van der Waals surface area contributed by atoms with Gasteiger partial charge in [0.2, 0.25) is 0 Å². The van der Waals surface area contributed by atoms with Crippen molar-refractivity contribution in [2.45, 2.75) is 0 Å². The van der Waals surface area contributed by atoms with E-state index in [-0.39, 0.29) is 44.9 Å². The van der Waals surface area contributed by atoms with Gasteiger partial charge in [0.15, 0.2) is 11.6 Å². The number of hydrogen-bond acceptors (Lipinski definition) is 10. The van der Waals surface area contributed by atoms with Crippen LogP contribution < -0.4 is 18.9 Å². The summed E-state index contributed by atoms with van der Waals surface area (Å²) in [5, 5.41) is 35.2. The summed E-state index contributed by atoms with van der Waals surface area (Å²) < 4.78 is 19.7. The van der Waals surface area contributed by atoms with Gasteiger partial charge in [-0.25, -0.2) is 19.2 Å². The highest BCUT2D eigenvalue weighted by molar-refractivity contribution is 6.15. The number of ether oxygens (including phenoxy) is 4. The largest absolute Gasteiger partial charge is 0.497 e. The molecule has 308 valence electrons. The summed E-state index contributed by atoms with van der Waals surface area (Å²) in [6.45, 7) is 0. The van der Waals surface area contributed by atoms with Crippen molar-refractivity contribution in [2.24, 2.45) is 0 Å². The summed E-state index contributed by atoms with van der Waals surface area (Å²) in [4.78, 5) is 67.4. The number of rotatable bonds is 12. The molecule has 0 aliphatic rings. The average molecular weight is 817 g/mol. The number of hydrogen-bond donors (Lipinski definition) is 4. The summed E-state index contributed by atoms with van der Waals surface area (Å²) in [5.41, 5.74) is 1.76. The van der Waals surface area contributed by atoms with Crippen molar-refractivity contribution in [3.8, 4) is 23.0 Å². The fraction of sp³-hybridized carbons (Fsp3) is 0.0870. The van der Waals surface area contributed by atoms with Gasteiger partial charge in [-0.05, 0) is 109 Å². The second-order valence-electron chi connectivity index (χ2n) is 11.9. The van der Waals surface area contributed by atoms with Crippen LogP contribution in [-0.2, 0) is 0 Å². The fourth-order valence-corrected chi connectivity index (χ4v) is 5.00. The first-order valence-corrected chi connectivity index (χ1v) is 17.5. The van der Waals surface area contributed by atoms with Gasteiger partial charge < -0.3 is 39.4 Å². The molecule has 0 heterocycles. The predicted molar refractivity (Wildman–Crippen MR) is 220 cm³/mol. The second kappa shape index (κ2) is 23.1. The van der Waals surface area contributed by atoms with E-state index in [4.69, 9.17) is 39.4 Å². The standard InChI is InChI=1S/2C15H12O4.2C8H8O3/c2*1-19-11-8-6-10(7-9-11)14(16)12-4-2-3-5-13(12)15(17)18;2*1-11-7-4-2-6(3-5-7)8(9)10/h2*2-9H,1H3,(H,17,18);2*2-5H,1H3,(H,9,10). The van der Waals surface area contributed by atoms with Crippen molar-refractivity contribution in [3.63, 3.8) is 0 Å².